The molecule has 0 aliphatic heterocycles. The zero-order valence-electron chi connectivity index (χ0n) is 16.5. The fourth-order valence-electron chi connectivity index (χ4n) is 2.49. The minimum Gasteiger partial charge on any atom is -0.493 e. The van der Waals surface area contributed by atoms with E-state index in [0.717, 1.165) is 9.37 Å². The Kier molecular flexibility index (Phi) is 7.58. The van der Waals surface area contributed by atoms with Gasteiger partial charge in [0.05, 0.1) is 27.1 Å². The molecule has 0 aliphatic carbocycles. The van der Waals surface area contributed by atoms with E-state index < -0.39 is 0 Å². The number of aromatic nitrogens is 2. The van der Waals surface area contributed by atoms with Crippen LogP contribution in [0.3, 0.4) is 0 Å². The highest BCUT2D eigenvalue weighted by atomic mass is 79.9. The van der Waals surface area contributed by atoms with Gasteiger partial charge in [-0.15, -0.1) is 22.0 Å². The molecule has 3 rings (SSSR count). The minimum absolute atomic E-state index is 0.114. The number of carbonyl (C=O) groups excluding carboxylic acids is 1. The fraction of sp³-hybridized carbons (Fsp3) is 0.250. The normalized spacial score (nSPS) is 10.5. The van der Waals surface area contributed by atoms with Crippen molar-refractivity contribution in [2.24, 2.45) is 0 Å². The lowest BCUT2D eigenvalue weighted by Gasteiger charge is -2.12. The zero-order valence-corrected chi connectivity index (χ0v) is 18.9. The third-order valence-electron chi connectivity index (χ3n) is 3.91. The predicted molar refractivity (Wildman–Crippen MR) is 114 cm³/mol. The van der Waals surface area contributed by atoms with Gasteiger partial charge in [0, 0.05) is 14.9 Å². The number of hydrogen-bond acceptors (Lipinski definition) is 9. The molecule has 0 spiro atoms. The van der Waals surface area contributed by atoms with Crippen molar-refractivity contribution in [3.63, 3.8) is 0 Å². The third-order valence-corrected chi connectivity index (χ3v) is 5.42. The molecular weight excluding hydrogens is 476 g/mol. The number of halogens is 1. The first-order valence-corrected chi connectivity index (χ1v) is 10.5. The van der Waals surface area contributed by atoms with Crippen LogP contribution in [0.1, 0.15) is 5.89 Å². The van der Waals surface area contributed by atoms with Crippen LogP contribution in [0.15, 0.2) is 50.2 Å². The second kappa shape index (κ2) is 10.4. The molecule has 2 aromatic carbocycles. The second-order valence-corrected chi connectivity index (χ2v) is 7.78. The zero-order chi connectivity index (χ0) is 21.5. The van der Waals surface area contributed by atoms with Gasteiger partial charge in [0.25, 0.3) is 5.89 Å². The molecule has 10 heteroatoms. The van der Waals surface area contributed by atoms with Crippen LogP contribution in [0.2, 0.25) is 0 Å². The van der Waals surface area contributed by atoms with Gasteiger partial charge in [0.2, 0.25) is 11.6 Å². The first-order chi connectivity index (χ1) is 14.5. The summed E-state index contributed by atoms with van der Waals surface area (Å²) >= 11 is 4.76. The molecule has 8 nitrogen and oxygen atoms in total. The number of benzene rings is 2. The number of ether oxygens (including phenoxy) is 4. The Morgan fingerprint density at radius 1 is 1.03 bits per heavy atom. The molecule has 0 aliphatic rings. The molecule has 0 saturated carbocycles. The van der Waals surface area contributed by atoms with Crippen LogP contribution in [-0.2, 0) is 16.1 Å². The van der Waals surface area contributed by atoms with Gasteiger partial charge in [0.15, 0.2) is 18.1 Å². The van der Waals surface area contributed by atoms with E-state index in [1.54, 1.807) is 12.1 Å². The Morgan fingerprint density at radius 2 is 1.70 bits per heavy atom. The summed E-state index contributed by atoms with van der Waals surface area (Å²) in [6.45, 7) is -0.114. The number of hydrogen-bond donors (Lipinski definition) is 0. The van der Waals surface area contributed by atoms with E-state index in [-0.39, 0.29) is 30.1 Å². The van der Waals surface area contributed by atoms with Crippen LogP contribution >= 0.6 is 27.7 Å². The average Bonchev–Trinajstić information content (AvgIpc) is 3.25. The van der Waals surface area contributed by atoms with Crippen molar-refractivity contribution in [2.75, 3.05) is 27.1 Å². The Bertz CT molecular complexity index is 984. The van der Waals surface area contributed by atoms with Crippen molar-refractivity contribution in [3.8, 4) is 28.7 Å². The van der Waals surface area contributed by atoms with Gasteiger partial charge in [-0.05, 0) is 36.4 Å². The lowest BCUT2D eigenvalue weighted by atomic mass is 10.2. The molecule has 30 heavy (non-hydrogen) atoms. The molecule has 0 saturated heterocycles. The van der Waals surface area contributed by atoms with Crippen LogP contribution in [-0.4, -0.2) is 43.2 Å². The third kappa shape index (κ3) is 5.45. The van der Waals surface area contributed by atoms with E-state index in [4.69, 9.17) is 23.4 Å². The Labute approximate surface area is 186 Å². The maximum atomic E-state index is 12.0. The second-order valence-electron chi connectivity index (χ2n) is 5.82. The Hall–Kier alpha value is -2.72. The van der Waals surface area contributed by atoms with Gasteiger partial charge in [0.1, 0.15) is 0 Å². The highest BCUT2D eigenvalue weighted by molar-refractivity contribution is 9.10. The van der Waals surface area contributed by atoms with Crippen LogP contribution < -0.4 is 14.2 Å². The number of nitrogens with zero attached hydrogens (tertiary/aromatic N) is 2. The van der Waals surface area contributed by atoms with Crippen molar-refractivity contribution in [1.82, 2.24) is 10.2 Å². The molecule has 3 aromatic rings. The van der Waals surface area contributed by atoms with Gasteiger partial charge in [-0.25, -0.2) is 0 Å². The molecular formula is C20H19BrN2O6S. The van der Waals surface area contributed by atoms with Gasteiger partial charge in [-0.3, -0.25) is 4.79 Å². The van der Waals surface area contributed by atoms with E-state index in [9.17, 15) is 4.79 Å². The Morgan fingerprint density at radius 3 is 2.30 bits per heavy atom. The van der Waals surface area contributed by atoms with Gasteiger partial charge < -0.3 is 23.4 Å². The van der Waals surface area contributed by atoms with Crippen molar-refractivity contribution in [2.45, 2.75) is 11.5 Å². The molecule has 158 valence electrons. The maximum absolute atomic E-state index is 12.0. The SMILES string of the molecule is COc1cc(-c2nnc(COC(=O)CSc3ccc(Br)cc3)o2)cc(OC)c1OC. The number of esters is 1. The van der Waals surface area contributed by atoms with Crippen molar-refractivity contribution in [3.05, 3.63) is 46.8 Å². The number of methoxy groups -OCH3 is 3. The topological polar surface area (TPSA) is 92.9 Å². The summed E-state index contributed by atoms with van der Waals surface area (Å²) in [5, 5.41) is 7.93. The predicted octanol–water partition coefficient (Wildman–Crippen LogP) is 4.36. The van der Waals surface area contributed by atoms with Crippen LogP contribution in [0, 0.1) is 0 Å². The first-order valence-electron chi connectivity index (χ1n) is 8.70. The van der Waals surface area contributed by atoms with Crippen LogP contribution in [0.25, 0.3) is 11.5 Å². The monoisotopic (exact) mass is 494 g/mol. The molecule has 0 amide bonds. The van der Waals surface area contributed by atoms with Gasteiger partial charge in [-0.2, -0.15) is 0 Å². The molecule has 0 N–H and O–H groups in total. The van der Waals surface area contributed by atoms with E-state index in [1.165, 1.54) is 33.1 Å². The number of rotatable bonds is 9. The standard InChI is InChI=1S/C20H19BrN2O6S/c1-25-15-8-12(9-16(26-2)19(15)27-3)20-23-22-17(29-20)10-28-18(24)11-30-14-6-4-13(21)5-7-14/h4-9H,10-11H2,1-3H3. The quantitative estimate of drug-likeness (QED) is 0.317. The van der Waals surface area contributed by atoms with Crippen molar-refractivity contribution < 1.29 is 28.2 Å². The molecule has 1 aromatic heterocycles. The first kappa shape index (κ1) is 22.0. The summed E-state index contributed by atoms with van der Waals surface area (Å²) in [6.07, 6.45) is 0. The van der Waals surface area contributed by atoms with Gasteiger partial charge in [-0.1, -0.05) is 15.9 Å². The summed E-state index contributed by atoms with van der Waals surface area (Å²) in [6, 6.07) is 11.1. The van der Waals surface area contributed by atoms with E-state index in [2.05, 4.69) is 26.1 Å². The number of carbonyl (C=O) groups is 1. The van der Waals surface area contributed by atoms with E-state index in [0.29, 0.717) is 22.8 Å². The highest BCUT2D eigenvalue weighted by Gasteiger charge is 2.18. The maximum Gasteiger partial charge on any atom is 0.316 e. The van der Waals surface area contributed by atoms with E-state index >= 15 is 0 Å². The average molecular weight is 495 g/mol. The lowest BCUT2D eigenvalue weighted by molar-refractivity contribution is -0.142. The molecule has 0 unspecified atom stereocenters. The van der Waals surface area contributed by atoms with Crippen LogP contribution in [0.4, 0.5) is 0 Å². The molecule has 0 fully saturated rings. The lowest BCUT2D eigenvalue weighted by Crippen LogP contribution is -2.07. The summed E-state index contributed by atoms with van der Waals surface area (Å²) in [4.78, 5) is 13.0. The summed E-state index contributed by atoms with van der Waals surface area (Å²) in [5.74, 6) is 1.60. The van der Waals surface area contributed by atoms with Gasteiger partial charge >= 0.3 is 5.97 Å². The smallest absolute Gasteiger partial charge is 0.316 e. The van der Waals surface area contributed by atoms with Crippen molar-refractivity contribution in [1.29, 1.82) is 0 Å². The largest absolute Gasteiger partial charge is 0.493 e. The molecule has 1 heterocycles. The fourth-order valence-corrected chi connectivity index (χ4v) is 3.45. The number of thioether (sulfide) groups is 1. The molecule has 0 radical (unpaired) electrons. The highest BCUT2D eigenvalue weighted by Crippen LogP contribution is 2.40. The summed E-state index contributed by atoms with van der Waals surface area (Å²) in [5.41, 5.74) is 0.584. The van der Waals surface area contributed by atoms with Crippen LogP contribution in [0.5, 0.6) is 17.2 Å². The molecule has 0 bridgehead atoms. The molecule has 0 atom stereocenters. The Balaban J connectivity index is 1.61. The summed E-state index contributed by atoms with van der Waals surface area (Å²) in [7, 11) is 4.56. The van der Waals surface area contributed by atoms with E-state index in [1.807, 2.05) is 24.3 Å². The van der Waals surface area contributed by atoms with Crippen molar-refractivity contribution >= 4 is 33.7 Å². The summed E-state index contributed by atoms with van der Waals surface area (Å²) < 4.78 is 27.8. The minimum atomic E-state index is -0.379.